The molecule has 1 aromatic rings. The average molecular weight is 521 g/mol. The van der Waals surface area contributed by atoms with E-state index in [9.17, 15) is 22.7 Å². The third kappa shape index (κ3) is 4.27. The Morgan fingerprint density at radius 2 is 1.69 bits per heavy atom. The first-order chi connectivity index (χ1) is 16.9. The highest BCUT2D eigenvalue weighted by Crippen LogP contribution is 2.68. The van der Waals surface area contributed by atoms with Gasteiger partial charge in [-0.3, -0.25) is 4.79 Å². The molecule has 4 aliphatic rings. The zero-order valence-electron chi connectivity index (χ0n) is 21.8. The van der Waals surface area contributed by atoms with Gasteiger partial charge in [-0.15, -0.1) is 0 Å². The number of aliphatic hydroxyl groups is 1. The molecule has 5 rings (SSSR count). The summed E-state index contributed by atoms with van der Waals surface area (Å²) in [7, 11) is -2.13. The number of fused-ring (bicyclic) bond motifs is 5. The number of ketones is 1. The SMILES string of the molecule is COCC1(O)CC[C@@]2(C)C(CC[C@H]3[C@@H]4CC[C@H](C(=O)CS(=O)(=O)c5ccc(F)cc5)[C@@]4(C)CC[C@@H]32)C1. The van der Waals surface area contributed by atoms with Crippen LogP contribution in [0.1, 0.15) is 71.6 Å². The van der Waals surface area contributed by atoms with Gasteiger partial charge in [-0.25, -0.2) is 12.8 Å². The third-order valence-electron chi connectivity index (χ3n) is 11.1. The molecule has 1 N–H and O–H groups in total. The fourth-order valence-electron chi connectivity index (χ4n) is 9.26. The summed E-state index contributed by atoms with van der Waals surface area (Å²) in [6.07, 6.45) is 8.61. The molecule has 36 heavy (non-hydrogen) atoms. The second-order valence-corrected chi connectivity index (χ2v) is 14.9. The van der Waals surface area contributed by atoms with Gasteiger partial charge < -0.3 is 9.84 Å². The van der Waals surface area contributed by atoms with Gasteiger partial charge in [0.15, 0.2) is 15.6 Å². The maximum atomic E-state index is 13.5. The smallest absolute Gasteiger partial charge is 0.185 e. The molecule has 4 aliphatic carbocycles. The third-order valence-corrected chi connectivity index (χ3v) is 12.8. The summed E-state index contributed by atoms with van der Waals surface area (Å²) in [6.45, 7) is 5.08. The van der Waals surface area contributed by atoms with E-state index < -0.39 is 27.0 Å². The molecule has 5 nitrogen and oxygen atoms in total. The number of rotatable bonds is 6. The lowest BCUT2D eigenvalue weighted by Gasteiger charge is -2.62. The predicted octanol–water partition coefficient (Wildman–Crippen LogP) is 5.20. The van der Waals surface area contributed by atoms with Crippen molar-refractivity contribution < 1.29 is 27.4 Å². The summed E-state index contributed by atoms with van der Waals surface area (Å²) < 4.78 is 44.5. The van der Waals surface area contributed by atoms with Crippen molar-refractivity contribution in [1.82, 2.24) is 0 Å². The summed E-state index contributed by atoms with van der Waals surface area (Å²) in [6, 6.07) is 4.76. The first-order valence-electron chi connectivity index (χ1n) is 13.6. The Labute approximate surface area is 215 Å². The molecule has 0 heterocycles. The second kappa shape index (κ2) is 9.16. The lowest BCUT2D eigenvalue weighted by molar-refractivity contribution is -0.163. The van der Waals surface area contributed by atoms with Crippen molar-refractivity contribution in [2.75, 3.05) is 19.5 Å². The minimum Gasteiger partial charge on any atom is -0.387 e. The highest BCUT2D eigenvalue weighted by Gasteiger charge is 2.62. The molecule has 8 atom stereocenters. The molecule has 0 amide bonds. The zero-order valence-corrected chi connectivity index (χ0v) is 22.7. The van der Waals surface area contributed by atoms with Gasteiger partial charge in [-0.1, -0.05) is 13.8 Å². The number of benzene rings is 1. The molecule has 4 saturated carbocycles. The molecule has 0 spiro atoms. The number of methoxy groups -OCH3 is 1. The maximum Gasteiger partial charge on any atom is 0.185 e. The quantitative estimate of drug-likeness (QED) is 0.521. The minimum atomic E-state index is -3.79. The first kappa shape index (κ1) is 26.3. The Kier molecular flexibility index (Phi) is 6.69. The number of carbonyl (C=O) groups excluding carboxylic acids is 1. The summed E-state index contributed by atoms with van der Waals surface area (Å²) in [4.78, 5) is 13.5. The molecule has 1 aromatic carbocycles. The Balaban J connectivity index is 1.32. The van der Waals surface area contributed by atoms with Crippen LogP contribution in [0.15, 0.2) is 29.2 Å². The lowest BCUT2D eigenvalue weighted by atomic mass is 9.44. The molecule has 4 fully saturated rings. The van der Waals surface area contributed by atoms with Crippen LogP contribution in [0, 0.1) is 46.2 Å². The van der Waals surface area contributed by atoms with Crippen LogP contribution in [-0.2, 0) is 19.4 Å². The summed E-state index contributed by atoms with van der Waals surface area (Å²) in [5, 5.41) is 11.1. The number of Topliss-reactive ketones (excluding diaryl/α,β-unsaturated/α-hetero) is 1. The Bertz CT molecular complexity index is 1100. The number of halogens is 1. The second-order valence-electron chi connectivity index (χ2n) is 12.9. The van der Waals surface area contributed by atoms with E-state index in [1.807, 2.05) is 0 Å². The molecule has 0 bridgehead atoms. The number of ether oxygens (including phenoxy) is 1. The van der Waals surface area contributed by atoms with E-state index in [-0.39, 0.29) is 27.4 Å². The maximum absolute atomic E-state index is 13.5. The molecule has 200 valence electrons. The lowest BCUT2D eigenvalue weighted by Crippen LogP contribution is -2.57. The molecule has 0 radical (unpaired) electrons. The van der Waals surface area contributed by atoms with Gasteiger partial charge in [-0.05, 0) is 117 Å². The van der Waals surface area contributed by atoms with E-state index in [4.69, 9.17) is 4.74 Å². The topological polar surface area (TPSA) is 80.7 Å². The molecule has 0 aliphatic heterocycles. The van der Waals surface area contributed by atoms with Crippen molar-refractivity contribution >= 4 is 15.6 Å². The van der Waals surface area contributed by atoms with E-state index in [2.05, 4.69) is 13.8 Å². The van der Waals surface area contributed by atoms with Crippen molar-refractivity contribution in [1.29, 1.82) is 0 Å². The minimum absolute atomic E-state index is 0.0117. The van der Waals surface area contributed by atoms with Crippen LogP contribution >= 0.6 is 0 Å². The van der Waals surface area contributed by atoms with Crippen LogP contribution < -0.4 is 0 Å². The average Bonchev–Trinajstić information content (AvgIpc) is 3.17. The molecule has 0 aromatic heterocycles. The van der Waals surface area contributed by atoms with Gasteiger partial charge in [-0.2, -0.15) is 0 Å². The first-order valence-corrected chi connectivity index (χ1v) is 15.3. The monoisotopic (exact) mass is 520 g/mol. The van der Waals surface area contributed by atoms with Gasteiger partial charge in [0.1, 0.15) is 11.6 Å². The zero-order chi connectivity index (χ0) is 25.9. The number of hydrogen-bond acceptors (Lipinski definition) is 5. The van der Waals surface area contributed by atoms with Crippen molar-refractivity contribution in [3.8, 4) is 0 Å². The number of sulfone groups is 1. The molecular formula is C29H41FO5S. The van der Waals surface area contributed by atoms with Crippen LogP contribution in [0.5, 0.6) is 0 Å². The number of carbonyl (C=O) groups is 1. The van der Waals surface area contributed by atoms with Gasteiger partial charge in [0.25, 0.3) is 0 Å². The van der Waals surface area contributed by atoms with Crippen molar-refractivity contribution in [2.24, 2.45) is 40.4 Å². The number of hydrogen-bond donors (Lipinski definition) is 1. The Morgan fingerprint density at radius 3 is 2.39 bits per heavy atom. The highest BCUT2D eigenvalue weighted by molar-refractivity contribution is 7.92. The van der Waals surface area contributed by atoms with Crippen LogP contribution in [-0.4, -0.2) is 44.4 Å². The van der Waals surface area contributed by atoms with Crippen LogP contribution in [0.25, 0.3) is 0 Å². The predicted molar refractivity (Wildman–Crippen MR) is 136 cm³/mol. The van der Waals surface area contributed by atoms with Crippen LogP contribution in [0.3, 0.4) is 0 Å². The molecule has 2 unspecified atom stereocenters. The molecule has 0 saturated heterocycles. The molecular weight excluding hydrogens is 479 g/mol. The standard InChI is InChI=1S/C29H41FO5S/c1-27-14-15-29(32,18-35-3)16-19(27)4-9-22-23-10-11-25(28(23,2)13-12-24(22)27)26(31)17-36(33,34)21-7-5-20(30)6-8-21/h5-8,19,22-25,32H,4,9-18H2,1-3H3/t19?,22-,23-,24-,25+,27-,28-,29?/m0/s1. The van der Waals surface area contributed by atoms with Crippen molar-refractivity contribution in [2.45, 2.75) is 82.1 Å². The highest BCUT2D eigenvalue weighted by atomic mass is 32.2. The van der Waals surface area contributed by atoms with Gasteiger partial charge in [0.05, 0.1) is 17.1 Å². The van der Waals surface area contributed by atoms with Gasteiger partial charge >= 0.3 is 0 Å². The summed E-state index contributed by atoms with van der Waals surface area (Å²) in [5.41, 5.74) is -0.667. The molecule has 7 heteroatoms. The van der Waals surface area contributed by atoms with E-state index in [1.54, 1.807) is 7.11 Å². The van der Waals surface area contributed by atoms with Crippen molar-refractivity contribution in [3.63, 3.8) is 0 Å². The van der Waals surface area contributed by atoms with Gasteiger partial charge in [0, 0.05) is 13.0 Å². The fourth-order valence-corrected chi connectivity index (χ4v) is 10.6. The van der Waals surface area contributed by atoms with E-state index in [1.165, 1.54) is 12.1 Å². The summed E-state index contributed by atoms with van der Waals surface area (Å²) in [5.74, 6) is 0.689. The van der Waals surface area contributed by atoms with Gasteiger partial charge in [0.2, 0.25) is 0 Å². The Morgan fingerprint density at radius 1 is 1.00 bits per heavy atom. The normalized spacial score (nSPS) is 42.3. The fraction of sp³-hybridized carbons (Fsp3) is 0.759. The van der Waals surface area contributed by atoms with E-state index in [0.29, 0.717) is 30.3 Å². The van der Waals surface area contributed by atoms with E-state index in [0.717, 1.165) is 69.9 Å². The largest absolute Gasteiger partial charge is 0.387 e. The Hall–Kier alpha value is -1.31. The summed E-state index contributed by atoms with van der Waals surface area (Å²) >= 11 is 0. The van der Waals surface area contributed by atoms with Crippen LogP contribution in [0.4, 0.5) is 4.39 Å². The van der Waals surface area contributed by atoms with Crippen molar-refractivity contribution in [3.05, 3.63) is 30.1 Å². The van der Waals surface area contributed by atoms with E-state index >= 15 is 0 Å². The van der Waals surface area contributed by atoms with Crippen LogP contribution in [0.2, 0.25) is 0 Å².